The van der Waals surface area contributed by atoms with Crippen LogP contribution in [0.2, 0.25) is 0 Å². The number of nitrogens with one attached hydrogen (secondary N) is 3. The van der Waals surface area contributed by atoms with E-state index in [0.717, 1.165) is 84.0 Å². The Morgan fingerprint density at radius 3 is 2.43 bits per heavy atom. The molecule has 0 aliphatic carbocycles. The van der Waals surface area contributed by atoms with Crippen LogP contribution in [-0.4, -0.2) is 96.9 Å². The van der Waals surface area contributed by atoms with Crippen molar-refractivity contribution in [1.82, 2.24) is 24.8 Å². The average Bonchev–Trinajstić information content (AvgIpc) is 3.24. The van der Waals surface area contributed by atoms with Crippen molar-refractivity contribution in [2.24, 2.45) is 5.92 Å². The van der Waals surface area contributed by atoms with E-state index in [1.165, 1.54) is 51.9 Å². The number of rotatable bonds is 17. The molecule has 0 saturated carbocycles. The van der Waals surface area contributed by atoms with E-state index in [1.807, 2.05) is 80.7 Å². The summed E-state index contributed by atoms with van der Waals surface area (Å²) in [7, 11) is 1.66. The van der Waals surface area contributed by atoms with Gasteiger partial charge in [-0.25, -0.2) is 19.7 Å². The minimum Gasteiger partial charge on any atom is -0.493 e. The van der Waals surface area contributed by atoms with Gasteiger partial charge in [-0.2, -0.15) is 0 Å². The highest BCUT2D eigenvalue weighted by atomic mass is 16.5. The molecular weight excluding hydrogens is 727 g/mol. The molecule has 2 aromatic heterocycles. The van der Waals surface area contributed by atoms with Gasteiger partial charge in [0, 0.05) is 68.3 Å². The van der Waals surface area contributed by atoms with E-state index in [1.54, 1.807) is 13.4 Å². The van der Waals surface area contributed by atoms with Gasteiger partial charge in [0.25, 0.3) is 0 Å². The van der Waals surface area contributed by atoms with Gasteiger partial charge in [0.05, 0.1) is 19.2 Å². The SMILES string of the molecule is COc1cc2ncnc(NCc3cccc(NC(=O)Nc4ccc(C)cc4C)c3)c2cc1OCCCCCCN1CCC(CN2CCN(c3ccccn3)CC2)CC1. The first-order chi connectivity index (χ1) is 28.4. The summed E-state index contributed by atoms with van der Waals surface area (Å²) in [5.41, 5.74) is 5.42. The standard InChI is InChI=1S/C46H59N9O3/c1-34-14-15-40(35(2)27-34)52-46(56)51-38-12-10-11-37(28-38)31-48-45-39-29-43(42(57-3)30-41(39)49-33-50-45)58-26-9-5-4-8-19-53-20-16-36(17-21-53)32-54-22-24-55(25-23-54)44-13-6-7-18-47-44/h6-7,10-15,18,27-30,33,36H,4-5,8-9,16-17,19-26,31-32H2,1-3H3,(H,48,49,50)(H2,51,52,56). The van der Waals surface area contributed by atoms with Crippen LogP contribution in [-0.2, 0) is 6.54 Å². The molecule has 0 atom stereocenters. The number of aryl methyl sites for hydroxylation is 2. The molecule has 0 unspecified atom stereocenters. The van der Waals surface area contributed by atoms with Gasteiger partial charge in [-0.1, -0.05) is 48.7 Å². The Morgan fingerprint density at radius 1 is 0.793 bits per heavy atom. The predicted molar refractivity (Wildman–Crippen MR) is 234 cm³/mol. The molecular formula is C46H59N9O3. The summed E-state index contributed by atoms with van der Waals surface area (Å²) in [6.45, 7) is 14.4. The van der Waals surface area contributed by atoms with Crippen molar-refractivity contribution in [1.29, 1.82) is 0 Å². The smallest absolute Gasteiger partial charge is 0.323 e. The monoisotopic (exact) mass is 785 g/mol. The largest absolute Gasteiger partial charge is 0.493 e. The summed E-state index contributed by atoms with van der Waals surface area (Å²) in [5, 5.41) is 10.2. The van der Waals surface area contributed by atoms with Gasteiger partial charge in [-0.15, -0.1) is 0 Å². The van der Waals surface area contributed by atoms with Crippen molar-refractivity contribution in [3.8, 4) is 11.5 Å². The third-order valence-electron chi connectivity index (χ3n) is 11.4. The summed E-state index contributed by atoms with van der Waals surface area (Å²) >= 11 is 0. The molecule has 0 radical (unpaired) electrons. The number of unbranched alkanes of at least 4 members (excludes halogenated alkanes) is 3. The molecule has 2 fully saturated rings. The summed E-state index contributed by atoms with van der Waals surface area (Å²) in [6.07, 6.45) is 10.6. The zero-order valence-electron chi connectivity index (χ0n) is 34.4. The van der Waals surface area contributed by atoms with Crippen LogP contribution < -0.4 is 30.3 Å². The number of fused-ring (bicyclic) bond motifs is 1. The van der Waals surface area contributed by atoms with Crippen LogP contribution in [0.4, 0.5) is 27.8 Å². The summed E-state index contributed by atoms with van der Waals surface area (Å²) < 4.78 is 12.0. The second-order valence-electron chi connectivity index (χ2n) is 15.7. The lowest BCUT2D eigenvalue weighted by Gasteiger charge is -2.39. The van der Waals surface area contributed by atoms with Gasteiger partial charge in [-0.05, 0) is 113 Å². The average molecular weight is 786 g/mol. The van der Waals surface area contributed by atoms with E-state index in [9.17, 15) is 4.79 Å². The Kier molecular flexibility index (Phi) is 14.3. The van der Waals surface area contributed by atoms with E-state index in [0.29, 0.717) is 36.2 Å². The van der Waals surface area contributed by atoms with Gasteiger partial charge >= 0.3 is 6.03 Å². The second-order valence-corrected chi connectivity index (χ2v) is 15.7. The zero-order chi connectivity index (χ0) is 40.1. The molecule has 2 aliphatic heterocycles. The number of carbonyl (C=O) groups is 1. The maximum Gasteiger partial charge on any atom is 0.323 e. The normalized spacial score (nSPS) is 15.3. The number of carbonyl (C=O) groups excluding carboxylic acids is 1. The van der Waals surface area contributed by atoms with Crippen molar-refractivity contribution >= 4 is 39.9 Å². The lowest BCUT2D eigenvalue weighted by Crippen LogP contribution is -2.49. The first-order valence-corrected chi connectivity index (χ1v) is 20.9. The highest BCUT2D eigenvalue weighted by molar-refractivity contribution is 6.00. The van der Waals surface area contributed by atoms with Gasteiger partial charge in [0.1, 0.15) is 18.0 Å². The number of aromatic nitrogens is 3. The van der Waals surface area contributed by atoms with Crippen LogP contribution in [0.5, 0.6) is 11.5 Å². The third kappa shape index (κ3) is 11.3. The molecule has 0 bridgehead atoms. The lowest BCUT2D eigenvalue weighted by atomic mass is 9.95. The van der Waals surface area contributed by atoms with Crippen molar-refractivity contribution in [2.45, 2.75) is 58.9 Å². The number of nitrogens with zero attached hydrogens (tertiary/aromatic N) is 6. The summed E-state index contributed by atoms with van der Waals surface area (Å²) in [5.74, 6) is 3.97. The number of hydrogen-bond donors (Lipinski definition) is 3. The first-order valence-electron chi connectivity index (χ1n) is 20.9. The maximum absolute atomic E-state index is 12.7. The fourth-order valence-electron chi connectivity index (χ4n) is 8.09. The van der Waals surface area contributed by atoms with E-state index < -0.39 is 0 Å². The number of piperazine rings is 1. The van der Waals surface area contributed by atoms with E-state index >= 15 is 0 Å². The number of likely N-dealkylation sites (tertiary alicyclic amines) is 1. The number of benzene rings is 3. The number of pyridine rings is 1. The molecule has 2 amide bonds. The molecule has 5 aromatic rings. The number of amides is 2. The molecule has 3 N–H and O–H groups in total. The Labute approximate surface area is 343 Å². The number of ether oxygens (including phenoxy) is 2. The molecule has 4 heterocycles. The third-order valence-corrected chi connectivity index (χ3v) is 11.4. The Bertz CT molecular complexity index is 2080. The number of methoxy groups -OCH3 is 1. The minimum absolute atomic E-state index is 0.287. The minimum atomic E-state index is -0.287. The van der Waals surface area contributed by atoms with Crippen LogP contribution >= 0.6 is 0 Å². The van der Waals surface area contributed by atoms with Gasteiger partial charge in [0.15, 0.2) is 11.5 Å². The Hall–Kier alpha value is -5.46. The Balaban J connectivity index is 0.809. The zero-order valence-corrected chi connectivity index (χ0v) is 34.4. The van der Waals surface area contributed by atoms with Crippen LogP contribution in [0, 0.1) is 19.8 Å². The molecule has 12 nitrogen and oxygen atoms in total. The number of piperidine rings is 1. The molecule has 2 aliphatic rings. The van der Waals surface area contributed by atoms with Gasteiger partial charge in [0.2, 0.25) is 0 Å². The fourth-order valence-corrected chi connectivity index (χ4v) is 8.09. The second kappa shape index (κ2) is 20.3. The number of hydrogen-bond acceptors (Lipinski definition) is 10. The summed E-state index contributed by atoms with van der Waals surface area (Å²) in [4.78, 5) is 34.1. The van der Waals surface area contributed by atoms with Crippen LogP contribution in [0.15, 0.2) is 85.3 Å². The molecule has 2 saturated heterocycles. The molecule has 12 heteroatoms. The van der Waals surface area contributed by atoms with Crippen LogP contribution in [0.25, 0.3) is 10.9 Å². The van der Waals surface area contributed by atoms with Crippen LogP contribution in [0.1, 0.15) is 55.2 Å². The lowest BCUT2D eigenvalue weighted by molar-refractivity contribution is 0.138. The van der Waals surface area contributed by atoms with Crippen molar-refractivity contribution in [3.63, 3.8) is 0 Å². The van der Waals surface area contributed by atoms with E-state index in [-0.39, 0.29) is 6.03 Å². The fraction of sp³-hybridized carbons (Fsp3) is 0.435. The highest BCUT2D eigenvalue weighted by Crippen LogP contribution is 2.34. The van der Waals surface area contributed by atoms with Crippen molar-refractivity contribution in [2.75, 3.05) is 86.9 Å². The molecule has 58 heavy (non-hydrogen) atoms. The van der Waals surface area contributed by atoms with Gasteiger partial charge in [-0.3, -0.25) is 4.90 Å². The molecule has 3 aromatic carbocycles. The number of anilines is 4. The maximum atomic E-state index is 12.7. The van der Waals surface area contributed by atoms with E-state index in [2.05, 4.69) is 57.7 Å². The topological polar surface area (TPSA) is 120 Å². The molecule has 7 rings (SSSR count). The predicted octanol–water partition coefficient (Wildman–Crippen LogP) is 8.38. The van der Waals surface area contributed by atoms with Gasteiger partial charge < -0.3 is 35.2 Å². The highest BCUT2D eigenvalue weighted by Gasteiger charge is 2.24. The van der Waals surface area contributed by atoms with Crippen LogP contribution in [0.3, 0.4) is 0 Å². The molecule has 0 spiro atoms. The first kappa shape index (κ1) is 40.7. The van der Waals surface area contributed by atoms with E-state index in [4.69, 9.17) is 9.47 Å². The molecule has 306 valence electrons. The Morgan fingerprint density at radius 2 is 1.64 bits per heavy atom. The number of urea groups is 1. The summed E-state index contributed by atoms with van der Waals surface area (Å²) in [6, 6.07) is 23.5. The van der Waals surface area contributed by atoms with Crippen molar-refractivity contribution in [3.05, 3.63) is 102 Å². The van der Waals surface area contributed by atoms with Crippen molar-refractivity contribution < 1.29 is 14.3 Å². The quantitative estimate of drug-likeness (QED) is 0.0794.